The lowest BCUT2D eigenvalue weighted by Gasteiger charge is -2.38. The molecule has 5 aromatic carbocycles. The summed E-state index contributed by atoms with van der Waals surface area (Å²) in [6.45, 7) is 0. The first-order chi connectivity index (χ1) is 27.3. The molecule has 2 aromatic heterocycles. The van der Waals surface area contributed by atoms with Gasteiger partial charge in [-0.2, -0.15) is 0 Å². The molecule has 4 unspecified atom stereocenters. The molecule has 1 saturated carbocycles. The van der Waals surface area contributed by atoms with Crippen molar-refractivity contribution in [2.75, 3.05) is 0 Å². The van der Waals surface area contributed by atoms with E-state index in [1.54, 1.807) is 5.57 Å². The highest BCUT2D eigenvalue weighted by Gasteiger charge is 2.51. The van der Waals surface area contributed by atoms with Crippen LogP contribution in [0.3, 0.4) is 0 Å². The number of pyridine rings is 1. The quantitative estimate of drug-likeness (QED) is 0.173. The maximum atomic E-state index is 5.01. The van der Waals surface area contributed by atoms with E-state index in [-0.39, 0.29) is 5.92 Å². The second-order valence-electron chi connectivity index (χ2n) is 14.9. The number of allylic oxidation sites excluding steroid dienone is 8. The molecule has 4 aliphatic rings. The first-order valence-electron chi connectivity index (χ1n) is 19.2. The molecule has 11 rings (SSSR count). The van der Waals surface area contributed by atoms with Crippen molar-refractivity contribution in [2.45, 2.75) is 12.3 Å². The summed E-state index contributed by atoms with van der Waals surface area (Å²) in [5.74, 6) is 3.80. The van der Waals surface area contributed by atoms with E-state index in [0.29, 0.717) is 35.2 Å². The van der Waals surface area contributed by atoms with Crippen molar-refractivity contribution in [1.29, 1.82) is 0 Å². The van der Waals surface area contributed by atoms with Gasteiger partial charge in [-0.3, -0.25) is 4.98 Å². The highest BCUT2D eigenvalue weighted by atomic mass is 15.0. The molecule has 4 nitrogen and oxygen atoms in total. The fraction of sp³-hybridized carbons (Fsp3) is 0.0980. The first kappa shape index (κ1) is 31.7. The number of fused-ring (bicyclic) bond motifs is 7. The minimum Gasteiger partial charge on any atom is -0.256 e. The van der Waals surface area contributed by atoms with Gasteiger partial charge in [0.1, 0.15) is 0 Å². The molecule has 0 saturated heterocycles. The van der Waals surface area contributed by atoms with E-state index in [2.05, 4.69) is 109 Å². The second kappa shape index (κ2) is 13.0. The van der Waals surface area contributed by atoms with Crippen LogP contribution in [0.1, 0.15) is 29.0 Å². The topological polar surface area (TPSA) is 51.6 Å². The van der Waals surface area contributed by atoms with Crippen molar-refractivity contribution in [1.82, 2.24) is 19.9 Å². The Bertz CT molecular complexity index is 2690. The molecule has 0 spiro atoms. The number of nitrogens with zero attached hydrogens (tertiary/aromatic N) is 4. The molecule has 0 aliphatic heterocycles. The summed E-state index contributed by atoms with van der Waals surface area (Å²) in [6, 6.07) is 51.0. The van der Waals surface area contributed by atoms with Crippen LogP contribution in [0.25, 0.3) is 67.7 Å². The SMILES string of the molecule is C1=CC2C(c3cccc(-c4cccc(-c5nc(-c6ccccc6)nc(-c6ccccc6)n5)c4)c3)=CC3=C(C2C=C1)C1CC1c1cccc(-c2ccccn2)c13. The lowest BCUT2D eigenvalue weighted by Crippen LogP contribution is -2.24. The van der Waals surface area contributed by atoms with Gasteiger partial charge in [0.2, 0.25) is 0 Å². The Morgan fingerprint density at radius 3 is 1.75 bits per heavy atom. The zero-order valence-electron chi connectivity index (χ0n) is 30.1. The van der Waals surface area contributed by atoms with Crippen LogP contribution in [0.5, 0.6) is 0 Å². The molecule has 7 aromatic rings. The average molecular weight is 705 g/mol. The first-order valence-corrected chi connectivity index (χ1v) is 19.2. The monoisotopic (exact) mass is 704 g/mol. The van der Waals surface area contributed by atoms with Gasteiger partial charge in [-0.15, -0.1) is 0 Å². The van der Waals surface area contributed by atoms with Gasteiger partial charge in [0.15, 0.2) is 17.5 Å². The average Bonchev–Trinajstić information content (AvgIpc) is 4.08. The standard InChI is InChI=1S/C51H36N4/c1-3-14-32(15-4-1)49-53-50(33-16-5-2-6-17-33)55-51(54-49)37-21-12-19-35(29-37)34-18-11-20-36(28-34)42-30-45-47-40(24-13-25-41(47)46-26-9-10-27-52-46)43-31-44(43)48(45)39-23-8-7-22-38(39)42/h1-30,38-39,43-44H,31H2. The summed E-state index contributed by atoms with van der Waals surface area (Å²) in [5, 5.41) is 0. The third kappa shape index (κ3) is 5.52. The van der Waals surface area contributed by atoms with Gasteiger partial charge in [-0.1, -0.05) is 151 Å². The maximum Gasteiger partial charge on any atom is 0.164 e. The molecule has 4 heteroatoms. The predicted molar refractivity (Wildman–Crippen MR) is 222 cm³/mol. The largest absolute Gasteiger partial charge is 0.256 e. The molecule has 260 valence electrons. The number of benzene rings is 5. The van der Waals surface area contributed by atoms with Crippen LogP contribution >= 0.6 is 0 Å². The maximum absolute atomic E-state index is 5.01. The Labute approximate surface area is 321 Å². The second-order valence-corrected chi connectivity index (χ2v) is 14.9. The number of aromatic nitrogens is 4. The van der Waals surface area contributed by atoms with E-state index in [0.717, 1.165) is 33.5 Å². The van der Waals surface area contributed by atoms with E-state index in [1.165, 1.54) is 39.8 Å². The molecular formula is C51H36N4. The third-order valence-electron chi connectivity index (χ3n) is 11.7. The van der Waals surface area contributed by atoms with Crippen LogP contribution in [0.4, 0.5) is 0 Å². The van der Waals surface area contributed by atoms with Crippen molar-refractivity contribution in [3.05, 3.63) is 204 Å². The molecule has 2 heterocycles. The zero-order valence-corrected chi connectivity index (χ0v) is 30.1. The van der Waals surface area contributed by atoms with Gasteiger partial charge in [-0.25, -0.2) is 15.0 Å². The van der Waals surface area contributed by atoms with Crippen LogP contribution < -0.4 is 0 Å². The smallest absolute Gasteiger partial charge is 0.164 e. The van der Waals surface area contributed by atoms with Crippen molar-refractivity contribution in [2.24, 2.45) is 17.8 Å². The molecule has 0 amide bonds. The van der Waals surface area contributed by atoms with Gasteiger partial charge < -0.3 is 0 Å². The number of hydrogen-bond donors (Lipinski definition) is 0. The minimum absolute atomic E-state index is 0.285. The minimum atomic E-state index is 0.285. The van der Waals surface area contributed by atoms with Crippen LogP contribution in [0.2, 0.25) is 0 Å². The molecule has 55 heavy (non-hydrogen) atoms. The van der Waals surface area contributed by atoms with E-state index < -0.39 is 0 Å². The molecule has 1 fully saturated rings. The molecule has 4 aliphatic carbocycles. The number of hydrogen-bond acceptors (Lipinski definition) is 4. The Hall–Kier alpha value is -6.78. The molecule has 4 atom stereocenters. The molecule has 0 N–H and O–H groups in total. The predicted octanol–water partition coefficient (Wildman–Crippen LogP) is 11.9. The molecule has 0 bridgehead atoms. The normalized spacial score (nSPS) is 20.2. The number of rotatable bonds is 6. The highest BCUT2D eigenvalue weighted by Crippen LogP contribution is 2.65. The van der Waals surface area contributed by atoms with Gasteiger partial charge in [-0.05, 0) is 87.6 Å². The fourth-order valence-corrected chi connectivity index (χ4v) is 9.11. The van der Waals surface area contributed by atoms with Gasteiger partial charge in [0.05, 0.1) is 5.69 Å². The van der Waals surface area contributed by atoms with E-state index in [1.807, 2.05) is 72.9 Å². The Morgan fingerprint density at radius 2 is 1.05 bits per heavy atom. The Kier molecular flexibility index (Phi) is 7.48. The van der Waals surface area contributed by atoms with Crippen molar-refractivity contribution >= 4 is 11.1 Å². The van der Waals surface area contributed by atoms with Crippen LogP contribution in [0.15, 0.2) is 188 Å². The summed E-state index contributed by atoms with van der Waals surface area (Å²) < 4.78 is 0. The summed E-state index contributed by atoms with van der Waals surface area (Å²) in [7, 11) is 0. The molecule has 0 radical (unpaired) electrons. The summed E-state index contributed by atoms with van der Waals surface area (Å²) in [4.78, 5) is 19.7. The zero-order chi connectivity index (χ0) is 36.3. The van der Waals surface area contributed by atoms with Crippen molar-refractivity contribution < 1.29 is 0 Å². The van der Waals surface area contributed by atoms with Crippen LogP contribution in [-0.4, -0.2) is 19.9 Å². The van der Waals surface area contributed by atoms with E-state index >= 15 is 0 Å². The third-order valence-corrected chi connectivity index (χ3v) is 11.7. The van der Waals surface area contributed by atoms with Crippen LogP contribution in [-0.2, 0) is 0 Å². The van der Waals surface area contributed by atoms with Crippen molar-refractivity contribution in [3.63, 3.8) is 0 Å². The molecular weight excluding hydrogens is 669 g/mol. The Morgan fingerprint density at radius 1 is 0.473 bits per heavy atom. The van der Waals surface area contributed by atoms with E-state index in [9.17, 15) is 0 Å². The fourth-order valence-electron chi connectivity index (χ4n) is 9.11. The van der Waals surface area contributed by atoms with E-state index in [4.69, 9.17) is 19.9 Å². The van der Waals surface area contributed by atoms with Gasteiger partial charge in [0, 0.05) is 40.3 Å². The van der Waals surface area contributed by atoms with Crippen LogP contribution in [0, 0.1) is 17.8 Å². The van der Waals surface area contributed by atoms with Gasteiger partial charge >= 0.3 is 0 Å². The van der Waals surface area contributed by atoms with Gasteiger partial charge in [0.25, 0.3) is 0 Å². The Balaban J connectivity index is 1.02. The summed E-state index contributed by atoms with van der Waals surface area (Å²) in [5.41, 5.74) is 15.9. The lowest BCUT2D eigenvalue weighted by atomic mass is 9.66. The summed E-state index contributed by atoms with van der Waals surface area (Å²) in [6.07, 6.45) is 15.0. The summed E-state index contributed by atoms with van der Waals surface area (Å²) >= 11 is 0. The highest BCUT2D eigenvalue weighted by molar-refractivity contribution is 5.98. The van der Waals surface area contributed by atoms with Crippen molar-refractivity contribution in [3.8, 4) is 56.5 Å². The lowest BCUT2D eigenvalue weighted by molar-refractivity contribution is 0.600.